The third-order valence-corrected chi connectivity index (χ3v) is 2.22. The highest BCUT2D eigenvalue weighted by Gasteiger charge is 2.27. The Morgan fingerprint density at radius 2 is 2.23 bits per heavy atom. The van der Waals surface area contributed by atoms with Crippen molar-refractivity contribution in [3.8, 4) is 0 Å². The number of rotatable bonds is 2. The summed E-state index contributed by atoms with van der Waals surface area (Å²) in [5, 5.41) is 2.69. The van der Waals surface area contributed by atoms with E-state index in [1.54, 1.807) is 4.68 Å². The zero-order valence-corrected chi connectivity index (χ0v) is 9.66. The van der Waals surface area contributed by atoms with Gasteiger partial charge in [0.05, 0.1) is 5.69 Å². The molecule has 2 unspecified atom stereocenters. The van der Waals surface area contributed by atoms with Crippen molar-refractivity contribution in [2.45, 2.75) is 25.1 Å². The Morgan fingerprint density at radius 3 is 2.54 bits per heavy atom. The van der Waals surface area contributed by atoms with E-state index in [9.17, 15) is 4.39 Å². The first-order valence-corrected chi connectivity index (χ1v) is 4.92. The summed E-state index contributed by atoms with van der Waals surface area (Å²) < 4.78 is 15.3. The lowest BCUT2D eigenvalue weighted by molar-refractivity contribution is 0.397. The summed E-state index contributed by atoms with van der Waals surface area (Å²) in [5.41, 5.74) is 1.50. The van der Waals surface area contributed by atoms with Crippen LogP contribution in [0.5, 0.6) is 0 Å². The van der Waals surface area contributed by atoms with Crippen LogP contribution in [0.25, 0.3) is 0 Å². The van der Waals surface area contributed by atoms with Crippen LogP contribution in [0.15, 0.2) is 6.20 Å². The Kier molecular flexibility index (Phi) is 2.81. The lowest BCUT2D eigenvalue weighted by atomic mass is 9.91. The summed E-state index contributed by atoms with van der Waals surface area (Å²) in [4.78, 5) is 0. The van der Waals surface area contributed by atoms with Crippen molar-refractivity contribution in [2.24, 2.45) is 7.05 Å². The molecular formula is C8H15BFN2P. The highest BCUT2D eigenvalue weighted by molar-refractivity contribution is 7.21. The lowest BCUT2D eigenvalue weighted by Crippen LogP contribution is -2.14. The van der Waals surface area contributed by atoms with Crippen molar-refractivity contribution >= 4 is 17.1 Å². The highest BCUT2D eigenvalue weighted by Crippen LogP contribution is 2.33. The maximum absolute atomic E-state index is 13.6. The van der Waals surface area contributed by atoms with Crippen molar-refractivity contribution in [3.05, 3.63) is 17.5 Å². The van der Waals surface area contributed by atoms with Crippen LogP contribution in [0.1, 0.15) is 31.0 Å². The van der Waals surface area contributed by atoms with Crippen molar-refractivity contribution in [1.29, 1.82) is 0 Å². The van der Waals surface area contributed by atoms with Gasteiger partial charge in [0.1, 0.15) is 5.31 Å². The number of aryl methyl sites for hydroxylation is 1. The number of halogens is 1. The molecule has 0 saturated heterocycles. The minimum atomic E-state index is -1.43. The number of alkyl halides is 1. The van der Waals surface area contributed by atoms with E-state index in [1.807, 2.05) is 27.1 Å². The standard InChI is InChI=1S/C8H15BFN2P/c1-5(2)6-4-12(3)11-7(6)8(9,10)13/h4-5H,9,13H2,1-3H3. The SMILES string of the molecule is BC(F)(P)c1nn(C)cc1C(C)C. The van der Waals surface area contributed by atoms with Crippen molar-refractivity contribution in [1.82, 2.24) is 9.78 Å². The molecule has 0 N–H and O–H groups in total. The molecule has 13 heavy (non-hydrogen) atoms. The van der Waals surface area contributed by atoms with E-state index in [2.05, 4.69) is 14.3 Å². The van der Waals surface area contributed by atoms with Gasteiger partial charge in [-0.2, -0.15) is 5.10 Å². The predicted molar refractivity (Wildman–Crippen MR) is 58.3 cm³/mol. The second-order valence-electron chi connectivity index (χ2n) is 3.84. The monoisotopic (exact) mass is 200 g/mol. The maximum atomic E-state index is 13.6. The fourth-order valence-corrected chi connectivity index (χ4v) is 1.53. The smallest absolute Gasteiger partial charge is 0.163 e. The molecule has 0 spiro atoms. The molecule has 0 aromatic carbocycles. The average Bonchev–Trinajstić information content (AvgIpc) is 2.29. The fraction of sp³-hybridized carbons (Fsp3) is 0.625. The Balaban J connectivity index is 3.20. The highest BCUT2D eigenvalue weighted by atomic mass is 31.0. The van der Waals surface area contributed by atoms with Crippen LogP contribution in [-0.4, -0.2) is 17.6 Å². The molecule has 0 aliphatic heterocycles. The van der Waals surface area contributed by atoms with Gasteiger partial charge in [0.25, 0.3) is 0 Å². The van der Waals surface area contributed by atoms with E-state index >= 15 is 0 Å². The Morgan fingerprint density at radius 1 is 1.69 bits per heavy atom. The summed E-state index contributed by atoms with van der Waals surface area (Å²) in [7, 11) is 5.50. The Hall–Kier alpha value is -0.365. The van der Waals surface area contributed by atoms with Crippen LogP contribution < -0.4 is 0 Å². The number of hydrogen-bond donors (Lipinski definition) is 0. The zero-order chi connectivity index (χ0) is 10.2. The molecule has 5 heteroatoms. The van der Waals surface area contributed by atoms with Crippen LogP contribution >= 0.6 is 9.24 Å². The van der Waals surface area contributed by atoms with Gasteiger partial charge in [0, 0.05) is 13.2 Å². The van der Waals surface area contributed by atoms with Gasteiger partial charge in [0.2, 0.25) is 0 Å². The molecular weight excluding hydrogens is 185 g/mol. The van der Waals surface area contributed by atoms with E-state index in [4.69, 9.17) is 0 Å². The van der Waals surface area contributed by atoms with Gasteiger partial charge in [-0.15, -0.1) is 9.24 Å². The van der Waals surface area contributed by atoms with Crippen molar-refractivity contribution in [2.75, 3.05) is 0 Å². The second-order valence-corrected chi connectivity index (χ2v) is 4.92. The summed E-state index contributed by atoms with van der Waals surface area (Å²) in [6.45, 7) is 4.08. The molecule has 0 fully saturated rings. The van der Waals surface area contributed by atoms with E-state index in [-0.39, 0.29) is 0 Å². The molecule has 0 aliphatic rings. The first kappa shape index (κ1) is 10.7. The molecule has 0 radical (unpaired) electrons. The van der Waals surface area contributed by atoms with Crippen LogP contribution in [0.3, 0.4) is 0 Å². The molecule has 1 aromatic heterocycles. The third kappa shape index (κ3) is 2.31. The molecule has 1 heterocycles. The Bertz CT molecular complexity index is 304. The fourth-order valence-electron chi connectivity index (χ4n) is 1.31. The van der Waals surface area contributed by atoms with E-state index in [1.165, 1.54) is 7.85 Å². The maximum Gasteiger partial charge on any atom is 0.163 e. The van der Waals surface area contributed by atoms with Crippen LogP contribution in [0.4, 0.5) is 4.39 Å². The number of aromatic nitrogens is 2. The normalized spacial score (nSPS) is 16.2. The van der Waals surface area contributed by atoms with Gasteiger partial charge in [0.15, 0.2) is 7.85 Å². The van der Waals surface area contributed by atoms with Crippen LogP contribution in [0.2, 0.25) is 0 Å². The van der Waals surface area contributed by atoms with Crippen LogP contribution in [0, 0.1) is 0 Å². The molecule has 1 rings (SSSR count). The minimum absolute atomic E-state index is 0.305. The molecule has 2 nitrogen and oxygen atoms in total. The molecule has 0 aliphatic carbocycles. The first-order valence-electron chi connectivity index (χ1n) is 4.34. The van der Waals surface area contributed by atoms with Crippen LogP contribution in [-0.2, 0) is 12.4 Å². The third-order valence-electron chi connectivity index (χ3n) is 1.94. The van der Waals surface area contributed by atoms with E-state index in [0.29, 0.717) is 11.6 Å². The van der Waals surface area contributed by atoms with Gasteiger partial charge >= 0.3 is 0 Å². The van der Waals surface area contributed by atoms with Crippen molar-refractivity contribution in [3.63, 3.8) is 0 Å². The molecule has 1 aromatic rings. The first-order chi connectivity index (χ1) is 5.82. The topological polar surface area (TPSA) is 17.8 Å². The zero-order valence-electron chi connectivity index (χ0n) is 8.50. The molecule has 2 atom stereocenters. The lowest BCUT2D eigenvalue weighted by Gasteiger charge is -2.14. The van der Waals surface area contributed by atoms with E-state index in [0.717, 1.165) is 5.56 Å². The van der Waals surface area contributed by atoms with E-state index < -0.39 is 5.31 Å². The number of nitrogens with zero attached hydrogens (tertiary/aromatic N) is 2. The largest absolute Gasteiger partial charge is 0.275 e. The summed E-state index contributed by atoms with van der Waals surface area (Å²) in [5.74, 6) is 0.305. The summed E-state index contributed by atoms with van der Waals surface area (Å²) >= 11 is 0. The summed E-state index contributed by atoms with van der Waals surface area (Å²) in [6.07, 6.45) is 1.88. The Labute approximate surface area is 81.5 Å². The number of hydrogen-bond acceptors (Lipinski definition) is 1. The molecule has 72 valence electrons. The molecule has 0 amide bonds. The van der Waals surface area contributed by atoms with Gasteiger partial charge in [-0.1, -0.05) is 13.8 Å². The van der Waals surface area contributed by atoms with Gasteiger partial charge in [-0.25, -0.2) is 4.39 Å². The molecule has 0 bridgehead atoms. The predicted octanol–water partition coefficient (Wildman–Crippen LogP) is 1.13. The second kappa shape index (κ2) is 3.41. The van der Waals surface area contributed by atoms with Gasteiger partial charge < -0.3 is 0 Å². The minimum Gasteiger partial charge on any atom is -0.275 e. The van der Waals surface area contributed by atoms with Gasteiger partial charge in [-0.3, -0.25) is 4.68 Å². The average molecular weight is 200 g/mol. The quantitative estimate of drug-likeness (QED) is 0.516. The molecule has 0 saturated carbocycles. The van der Waals surface area contributed by atoms with Gasteiger partial charge in [-0.05, 0) is 11.5 Å². The summed E-state index contributed by atoms with van der Waals surface area (Å²) in [6, 6.07) is 0. The van der Waals surface area contributed by atoms with Crippen molar-refractivity contribution < 1.29 is 4.39 Å².